The van der Waals surface area contributed by atoms with Crippen LogP contribution < -0.4 is 0 Å². The fourth-order valence-corrected chi connectivity index (χ4v) is 3.22. The lowest BCUT2D eigenvalue weighted by atomic mass is 10.0. The van der Waals surface area contributed by atoms with Gasteiger partial charge in [-0.25, -0.2) is 14.7 Å². The van der Waals surface area contributed by atoms with Crippen LogP contribution in [0.2, 0.25) is 5.02 Å². The van der Waals surface area contributed by atoms with Crippen LogP contribution in [0, 0.1) is 0 Å². The fraction of sp³-hybridized carbons (Fsp3) is 0.200. The first kappa shape index (κ1) is 17.4. The van der Waals surface area contributed by atoms with Crippen molar-refractivity contribution >= 4 is 23.3 Å². The van der Waals surface area contributed by atoms with Gasteiger partial charge in [0.05, 0.1) is 11.4 Å². The van der Waals surface area contributed by atoms with Gasteiger partial charge in [-0.15, -0.1) is 0 Å². The van der Waals surface area contributed by atoms with Gasteiger partial charge in [0, 0.05) is 29.5 Å². The highest BCUT2D eigenvalue weighted by Gasteiger charge is 2.29. The normalized spacial score (nSPS) is 15.4. The molecule has 1 aromatic heterocycles. The van der Waals surface area contributed by atoms with Crippen molar-refractivity contribution in [3.63, 3.8) is 0 Å². The van der Waals surface area contributed by atoms with Crippen LogP contribution in [0.5, 0.6) is 0 Å². The van der Waals surface area contributed by atoms with Crippen LogP contribution in [-0.2, 0) is 16.0 Å². The van der Waals surface area contributed by atoms with Crippen molar-refractivity contribution in [1.82, 2.24) is 14.8 Å². The zero-order valence-electron chi connectivity index (χ0n) is 14.9. The molecule has 0 spiro atoms. The van der Waals surface area contributed by atoms with E-state index in [2.05, 4.69) is 10.1 Å². The second kappa shape index (κ2) is 6.96. The van der Waals surface area contributed by atoms with E-state index in [-0.39, 0.29) is 0 Å². The highest BCUT2D eigenvalue weighted by molar-refractivity contribution is 6.31. The number of aryl methyl sites for hydroxylation is 1. The van der Waals surface area contributed by atoms with Gasteiger partial charge in [0.25, 0.3) is 6.23 Å². The zero-order chi connectivity index (χ0) is 19.0. The molecule has 0 fully saturated rings. The SMILES string of the molecule is CCc1nc2n(n1)-c1ccc(Cl)cc1C(c1ccccc1)=NC2OC(C)=O. The van der Waals surface area contributed by atoms with Crippen molar-refractivity contribution in [1.29, 1.82) is 0 Å². The van der Waals surface area contributed by atoms with Crippen LogP contribution in [0.15, 0.2) is 53.5 Å². The van der Waals surface area contributed by atoms with Crippen LogP contribution in [0.4, 0.5) is 0 Å². The number of rotatable bonds is 3. The largest absolute Gasteiger partial charge is 0.432 e. The van der Waals surface area contributed by atoms with E-state index in [0.29, 0.717) is 28.8 Å². The summed E-state index contributed by atoms with van der Waals surface area (Å²) in [5, 5.41) is 5.17. The molecule has 1 atom stereocenters. The quantitative estimate of drug-likeness (QED) is 0.646. The molecule has 0 saturated heterocycles. The predicted molar refractivity (Wildman–Crippen MR) is 102 cm³/mol. The summed E-state index contributed by atoms with van der Waals surface area (Å²) in [4.78, 5) is 21.0. The Morgan fingerprint density at radius 1 is 1.22 bits per heavy atom. The number of fused-ring (bicyclic) bond motifs is 3. The first-order chi connectivity index (χ1) is 13.1. The number of carbonyl (C=O) groups excluding carboxylic acids is 1. The summed E-state index contributed by atoms with van der Waals surface area (Å²) in [6.07, 6.45) is -0.234. The van der Waals surface area contributed by atoms with Crippen LogP contribution in [0.1, 0.15) is 42.9 Å². The van der Waals surface area contributed by atoms with Crippen LogP contribution in [0.3, 0.4) is 0 Å². The third-order valence-electron chi connectivity index (χ3n) is 4.23. The summed E-state index contributed by atoms with van der Waals surface area (Å²) in [5.41, 5.74) is 3.15. The maximum atomic E-state index is 11.7. The second-order valence-electron chi connectivity index (χ2n) is 6.12. The second-order valence-corrected chi connectivity index (χ2v) is 6.56. The zero-order valence-corrected chi connectivity index (χ0v) is 15.6. The molecule has 136 valence electrons. The molecule has 0 N–H and O–H groups in total. The Kier molecular flexibility index (Phi) is 4.49. The maximum Gasteiger partial charge on any atom is 0.304 e. The Labute approximate surface area is 161 Å². The highest BCUT2D eigenvalue weighted by atomic mass is 35.5. The number of aromatic nitrogens is 3. The molecule has 0 saturated carbocycles. The molecule has 0 amide bonds. The van der Waals surface area contributed by atoms with Crippen molar-refractivity contribution < 1.29 is 9.53 Å². The summed E-state index contributed by atoms with van der Waals surface area (Å²) >= 11 is 6.28. The molecule has 2 aromatic carbocycles. The lowest BCUT2D eigenvalue weighted by Gasteiger charge is -2.11. The maximum absolute atomic E-state index is 11.7. The number of hydrogen-bond donors (Lipinski definition) is 0. The smallest absolute Gasteiger partial charge is 0.304 e. The Hall–Kier alpha value is -2.99. The van der Waals surface area contributed by atoms with Gasteiger partial charge in [0.15, 0.2) is 11.6 Å². The number of aliphatic imine (C=N–C) groups is 1. The van der Waals surface area contributed by atoms with E-state index in [0.717, 1.165) is 16.8 Å². The average molecular weight is 381 g/mol. The van der Waals surface area contributed by atoms with Gasteiger partial charge in [-0.3, -0.25) is 4.79 Å². The molecule has 2 heterocycles. The minimum atomic E-state index is -0.892. The third-order valence-corrected chi connectivity index (χ3v) is 4.46. The van der Waals surface area contributed by atoms with Gasteiger partial charge < -0.3 is 4.74 Å². The monoisotopic (exact) mass is 380 g/mol. The van der Waals surface area contributed by atoms with E-state index in [4.69, 9.17) is 21.3 Å². The molecule has 27 heavy (non-hydrogen) atoms. The number of nitrogens with zero attached hydrogens (tertiary/aromatic N) is 4. The number of halogens is 1. The Balaban J connectivity index is 2.01. The van der Waals surface area contributed by atoms with Crippen molar-refractivity contribution in [3.05, 3.63) is 76.3 Å². The molecule has 1 unspecified atom stereocenters. The first-order valence-corrected chi connectivity index (χ1v) is 9.01. The van der Waals surface area contributed by atoms with E-state index in [9.17, 15) is 4.79 Å². The minimum absolute atomic E-state index is 0.437. The lowest BCUT2D eigenvalue weighted by Crippen LogP contribution is -2.12. The Bertz CT molecular complexity index is 1040. The molecular weight excluding hydrogens is 364 g/mol. The van der Waals surface area contributed by atoms with Gasteiger partial charge in [-0.2, -0.15) is 5.10 Å². The van der Waals surface area contributed by atoms with E-state index >= 15 is 0 Å². The van der Waals surface area contributed by atoms with Gasteiger partial charge in [-0.1, -0.05) is 48.9 Å². The molecule has 1 aliphatic heterocycles. The van der Waals surface area contributed by atoms with Crippen molar-refractivity contribution in [2.45, 2.75) is 26.5 Å². The van der Waals surface area contributed by atoms with Crippen molar-refractivity contribution in [2.75, 3.05) is 0 Å². The summed E-state index contributed by atoms with van der Waals surface area (Å²) in [6.45, 7) is 3.32. The summed E-state index contributed by atoms with van der Waals surface area (Å²) in [7, 11) is 0. The topological polar surface area (TPSA) is 69.4 Å². The molecular formula is C20H17ClN4O2. The first-order valence-electron chi connectivity index (χ1n) is 8.63. The van der Waals surface area contributed by atoms with Crippen LogP contribution in [0.25, 0.3) is 5.69 Å². The Morgan fingerprint density at radius 2 is 2.00 bits per heavy atom. The number of benzene rings is 2. The molecule has 0 aliphatic carbocycles. The average Bonchev–Trinajstić information content (AvgIpc) is 3.05. The lowest BCUT2D eigenvalue weighted by molar-refractivity contribution is -0.146. The van der Waals surface area contributed by atoms with E-state index < -0.39 is 12.2 Å². The third kappa shape index (κ3) is 3.24. The van der Waals surface area contributed by atoms with E-state index in [1.807, 2.05) is 49.4 Å². The standard InChI is InChI=1S/C20H17ClN4O2/c1-3-17-22-19-20(27-12(2)26)23-18(13-7-5-4-6-8-13)15-11-14(21)9-10-16(15)25(19)24-17/h4-11,20H,3H2,1-2H3. The summed E-state index contributed by atoms with van der Waals surface area (Å²) in [5.74, 6) is 0.686. The van der Waals surface area contributed by atoms with Crippen LogP contribution in [-0.4, -0.2) is 26.4 Å². The molecule has 3 aromatic rings. The highest BCUT2D eigenvalue weighted by Crippen LogP contribution is 2.32. The van der Waals surface area contributed by atoms with Crippen LogP contribution >= 0.6 is 11.6 Å². The van der Waals surface area contributed by atoms with Gasteiger partial charge >= 0.3 is 5.97 Å². The number of esters is 1. The number of hydrogen-bond acceptors (Lipinski definition) is 5. The number of carbonyl (C=O) groups is 1. The molecule has 6 nitrogen and oxygen atoms in total. The summed E-state index contributed by atoms with van der Waals surface area (Å²) in [6, 6.07) is 15.2. The fourth-order valence-electron chi connectivity index (χ4n) is 3.04. The molecule has 1 aliphatic rings. The van der Waals surface area contributed by atoms with Crippen molar-refractivity contribution in [2.24, 2.45) is 4.99 Å². The van der Waals surface area contributed by atoms with Gasteiger partial charge in [0.2, 0.25) is 0 Å². The predicted octanol–water partition coefficient (Wildman–Crippen LogP) is 3.90. The van der Waals surface area contributed by atoms with E-state index in [1.165, 1.54) is 6.92 Å². The summed E-state index contributed by atoms with van der Waals surface area (Å²) < 4.78 is 7.18. The minimum Gasteiger partial charge on any atom is -0.432 e. The van der Waals surface area contributed by atoms with E-state index in [1.54, 1.807) is 10.7 Å². The Morgan fingerprint density at radius 3 is 2.70 bits per heavy atom. The molecule has 7 heteroatoms. The van der Waals surface area contributed by atoms with Gasteiger partial charge in [0.1, 0.15) is 0 Å². The molecule has 0 radical (unpaired) electrons. The van der Waals surface area contributed by atoms with Crippen molar-refractivity contribution in [3.8, 4) is 5.69 Å². The number of ether oxygens (including phenoxy) is 1. The van der Waals surface area contributed by atoms with Gasteiger partial charge in [-0.05, 0) is 18.2 Å². The molecule has 0 bridgehead atoms. The molecule has 4 rings (SSSR count).